The minimum Gasteiger partial charge on any atom is -0.287 e. The van der Waals surface area contributed by atoms with Gasteiger partial charge in [0.2, 0.25) is 5.78 Å². The molecule has 26 heavy (non-hydrogen) atoms. The largest absolute Gasteiger partial charge is 0.329 e. The molecule has 0 fully saturated rings. The Labute approximate surface area is 149 Å². The fourth-order valence-corrected chi connectivity index (χ4v) is 2.61. The van der Waals surface area contributed by atoms with Crippen molar-refractivity contribution < 1.29 is 18.0 Å². The molecule has 0 saturated carbocycles. The van der Waals surface area contributed by atoms with Crippen molar-refractivity contribution in [3.63, 3.8) is 0 Å². The molecule has 4 heteroatoms. The highest BCUT2D eigenvalue weighted by molar-refractivity contribution is 6.04. The second-order valence-electron chi connectivity index (χ2n) is 5.75. The smallest absolute Gasteiger partial charge is 0.287 e. The predicted octanol–water partition coefficient (Wildman–Crippen LogP) is 5.78. The van der Waals surface area contributed by atoms with E-state index in [9.17, 15) is 18.0 Å². The molecule has 3 aromatic carbocycles. The maximum absolute atomic E-state index is 14.7. The summed E-state index contributed by atoms with van der Waals surface area (Å²) in [6.07, 6.45) is 0.644. The van der Waals surface area contributed by atoms with Crippen molar-refractivity contribution in [3.8, 4) is 0 Å². The van der Waals surface area contributed by atoms with Crippen LogP contribution in [0.25, 0.3) is 5.57 Å². The lowest BCUT2D eigenvalue weighted by atomic mass is 9.94. The van der Waals surface area contributed by atoms with E-state index in [0.717, 1.165) is 0 Å². The molecular formula is C22H15F3O. The molecule has 0 radical (unpaired) electrons. The number of halogens is 3. The molecular weight excluding hydrogens is 337 g/mol. The fourth-order valence-electron chi connectivity index (χ4n) is 2.61. The number of ketones is 1. The monoisotopic (exact) mass is 352 g/mol. The van der Waals surface area contributed by atoms with Gasteiger partial charge < -0.3 is 0 Å². The van der Waals surface area contributed by atoms with E-state index in [2.05, 4.69) is 0 Å². The van der Waals surface area contributed by atoms with Gasteiger partial charge in [-0.2, -0.15) is 8.78 Å². The average molecular weight is 352 g/mol. The molecule has 130 valence electrons. The molecule has 0 aliphatic rings. The average Bonchev–Trinajstić information content (AvgIpc) is 2.68. The van der Waals surface area contributed by atoms with Crippen molar-refractivity contribution in [1.29, 1.82) is 0 Å². The first kappa shape index (κ1) is 17.7. The Kier molecular flexibility index (Phi) is 5.03. The van der Waals surface area contributed by atoms with Gasteiger partial charge in [0.1, 0.15) is 5.82 Å². The van der Waals surface area contributed by atoms with Crippen LogP contribution < -0.4 is 0 Å². The summed E-state index contributed by atoms with van der Waals surface area (Å²) in [6.45, 7) is 0. The van der Waals surface area contributed by atoms with Gasteiger partial charge in [-0.1, -0.05) is 72.8 Å². The van der Waals surface area contributed by atoms with E-state index in [1.54, 1.807) is 36.4 Å². The number of alkyl halides is 2. The Morgan fingerprint density at radius 3 is 1.69 bits per heavy atom. The lowest BCUT2D eigenvalue weighted by Gasteiger charge is -2.15. The Balaban J connectivity index is 2.08. The van der Waals surface area contributed by atoms with Crippen LogP contribution in [-0.2, 0) is 0 Å². The summed E-state index contributed by atoms with van der Waals surface area (Å²) >= 11 is 0. The Bertz CT molecular complexity index is 915. The fraction of sp³-hybridized carbons (Fsp3) is 0.0455. The van der Waals surface area contributed by atoms with Gasteiger partial charge in [-0.05, 0) is 28.8 Å². The van der Waals surface area contributed by atoms with Crippen molar-refractivity contribution in [2.75, 3.05) is 0 Å². The normalized spacial score (nSPS) is 12.0. The van der Waals surface area contributed by atoms with Crippen molar-refractivity contribution in [2.24, 2.45) is 0 Å². The van der Waals surface area contributed by atoms with Crippen molar-refractivity contribution in [1.82, 2.24) is 0 Å². The summed E-state index contributed by atoms with van der Waals surface area (Å²) in [6, 6.07) is 21.2. The van der Waals surface area contributed by atoms with E-state index >= 15 is 0 Å². The number of hydrogen-bond donors (Lipinski definition) is 0. The first-order chi connectivity index (χ1) is 12.5. The standard InChI is InChI=1S/C22H15F3O/c23-19-13-11-17(12-14-19)20(16-7-3-1-4-8-16)15-22(24,25)21(26)18-9-5-2-6-10-18/h1-15H/b20-15-. The second kappa shape index (κ2) is 7.40. The van der Waals surface area contributed by atoms with Gasteiger partial charge in [-0.15, -0.1) is 0 Å². The van der Waals surface area contributed by atoms with Crippen LogP contribution in [0.3, 0.4) is 0 Å². The van der Waals surface area contributed by atoms with Gasteiger partial charge in [0.25, 0.3) is 0 Å². The molecule has 0 heterocycles. The quantitative estimate of drug-likeness (QED) is 0.532. The topological polar surface area (TPSA) is 17.1 Å². The summed E-state index contributed by atoms with van der Waals surface area (Å²) in [4.78, 5) is 12.3. The minimum atomic E-state index is -3.71. The SMILES string of the molecule is O=C(c1ccccc1)C(F)(F)/C=C(/c1ccccc1)c1ccc(F)cc1. The first-order valence-electron chi connectivity index (χ1n) is 7.99. The summed E-state index contributed by atoms with van der Waals surface area (Å²) < 4.78 is 42.6. The lowest BCUT2D eigenvalue weighted by molar-refractivity contribution is 0.0384. The van der Waals surface area contributed by atoms with Crippen LogP contribution in [0.1, 0.15) is 21.5 Å². The summed E-state index contributed by atoms with van der Waals surface area (Å²) in [7, 11) is 0. The minimum absolute atomic E-state index is 0.0692. The third kappa shape index (κ3) is 3.91. The van der Waals surface area contributed by atoms with Gasteiger partial charge in [0.05, 0.1) is 0 Å². The molecule has 0 aliphatic heterocycles. The van der Waals surface area contributed by atoms with E-state index in [1.807, 2.05) is 0 Å². The Morgan fingerprint density at radius 1 is 0.692 bits per heavy atom. The molecule has 0 aliphatic carbocycles. The van der Waals surface area contributed by atoms with Crippen LogP contribution in [0.5, 0.6) is 0 Å². The van der Waals surface area contributed by atoms with E-state index in [1.165, 1.54) is 48.5 Å². The van der Waals surface area contributed by atoms with Gasteiger partial charge in [-0.3, -0.25) is 4.79 Å². The van der Waals surface area contributed by atoms with Gasteiger partial charge in [0, 0.05) is 11.6 Å². The van der Waals surface area contributed by atoms with Crippen LogP contribution >= 0.6 is 0 Å². The van der Waals surface area contributed by atoms with Crippen LogP contribution in [0.2, 0.25) is 0 Å². The van der Waals surface area contributed by atoms with E-state index in [-0.39, 0.29) is 11.1 Å². The lowest BCUT2D eigenvalue weighted by Crippen LogP contribution is -2.26. The molecule has 0 bridgehead atoms. The van der Waals surface area contributed by atoms with Crippen molar-refractivity contribution in [3.05, 3.63) is 114 Å². The van der Waals surface area contributed by atoms with Crippen molar-refractivity contribution >= 4 is 11.4 Å². The molecule has 0 aromatic heterocycles. The molecule has 0 atom stereocenters. The van der Waals surface area contributed by atoms with E-state index in [0.29, 0.717) is 17.2 Å². The highest BCUT2D eigenvalue weighted by Gasteiger charge is 2.37. The zero-order valence-corrected chi connectivity index (χ0v) is 13.7. The molecule has 0 saturated heterocycles. The Morgan fingerprint density at radius 2 is 1.15 bits per heavy atom. The third-order valence-corrected chi connectivity index (χ3v) is 3.90. The van der Waals surface area contributed by atoms with Gasteiger partial charge in [0.15, 0.2) is 0 Å². The highest BCUT2D eigenvalue weighted by atomic mass is 19.3. The van der Waals surface area contributed by atoms with Gasteiger partial charge >= 0.3 is 5.92 Å². The molecule has 0 unspecified atom stereocenters. The van der Waals surface area contributed by atoms with Crippen LogP contribution in [0.15, 0.2) is 91.0 Å². The number of rotatable bonds is 5. The highest BCUT2D eigenvalue weighted by Crippen LogP contribution is 2.31. The molecule has 0 N–H and O–H groups in total. The van der Waals surface area contributed by atoms with Gasteiger partial charge in [-0.25, -0.2) is 4.39 Å². The Hall–Kier alpha value is -3.14. The van der Waals surface area contributed by atoms with Crippen LogP contribution in [0.4, 0.5) is 13.2 Å². The summed E-state index contributed by atoms with van der Waals surface area (Å²) in [5.74, 6) is -5.46. The summed E-state index contributed by atoms with van der Waals surface area (Å²) in [5.41, 5.74) is 1.01. The van der Waals surface area contributed by atoms with Crippen LogP contribution in [-0.4, -0.2) is 11.7 Å². The predicted molar refractivity (Wildman–Crippen MR) is 95.6 cm³/mol. The third-order valence-electron chi connectivity index (χ3n) is 3.90. The molecule has 0 amide bonds. The zero-order chi connectivity index (χ0) is 18.6. The summed E-state index contributed by atoms with van der Waals surface area (Å²) in [5, 5.41) is 0. The molecule has 0 spiro atoms. The van der Waals surface area contributed by atoms with E-state index < -0.39 is 17.5 Å². The number of hydrogen-bond acceptors (Lipinski definition) is 1. The second-order valence-corrected chi connectivity index (χ2v) is 5.75. The van der Waals surface area contributed by atoms with Crippen molar-refractivity contribution in [2.45, 2.75) is 5.92 Å². The van der Waals surface area contributed by atoms with Crippen LogP contribution in [0, 0.1) is 5.82 Å². The molecule has 3 aromatic rings. The number of allylic oxidation sites excluding steroid dienone is 1. The molecule has 3 rings (SSSR count). The maximum Gasteiger partial charge on any atom is 0.329 e. The molecule has 1 nitrogen and oxygen atoms in total. The number of carbonyl (C=O) groups is 1. The number of benzene rings is 3. The number of carbonyl (C=O) groups excluding carboxylic acids is 1. The maximum atomic E-state index is 14.7. The zero-order valence-electron chi connectivity index (χ0n) is 13.7. The first-order valence-corrected chi connectivity index (χ1v) is 7.99. The number of Topliss-reactive ketones (excluding diaryl/α,β-unsaturated/α-hetero) is 1. The van der Waals surface area contributed by atoms with E-state index in [4.69, 9.17) is 0 Å².